The van der Waals surface area contributed by atoms with Gasteiger partial charge in [-0.2, -0.15) is 4.31 Å². The maximum atomic E-state index is 13.5. The van der Waals surface area contributed by atoms with E-state index in [4.69, 9.17) is 9.47 Å². The number of hydrogen-bond donors (Lipinski definition) is 0. The summed E-state index contributed by atoms with van der Waals surface area (Å²) in [5, 5.41) is 0. The van der Waals surface area contributed by atoms with Crippen molar-refractivity contribution in [2.45, 2.75) is 38.1 Å². The molecule has 8 nitrogen and oxygen atoms in total. The van der Waals surface area contributed by atoms with Crippen molar-refractivity contribution in [3.8, 4) is 0 Å². The minimum Gasteiger partial charge on any atom is -0.464 e. The fourth-order valence-electron chi connectivity index (χ4n) is 3.68. The summed E-state index contributed by atoms with van der Waals surface area (Å²) in [5.74, 6) is -0.929. The summed E-state index contributed by atoms with van der Waals surface area (Å²) in [5.41, 5.74) is 1.64. The first kappa shape index (κ1) is 24.8. The van der Waals surface area contributed by atoms with Gasteiger partial charge in [-0.25, -0.2) is 13.2 Å². The zero-order chi connectivity index (χ0) is 23.3. The van der Waals surface area contributed by atoms with E-state index >= 15 is 0 Å². The number of Topliss-reactive ketones (excluding diaryl/α,β-unsaturated/α-hetero) is 1. The molecule has 0 spiro atoms. The molecule has 170 valence electrons. The summed E-state index contributed by atoms with van der Waals surface area (Å²) in [6.07, 6.45) is 0.431. The van der Waals surface area contributed by atoms with E-state index in [1.165, 1.54) is 30.7 Å². The molecule has 0 N–H and O–H groups in total. The molecule has 0 fully saturated rings. The van der Waals surface area contributed by atoms with E-state index in [9.17, 15) is 18.0 Å². The molecule has 9 heteroatoms. The van der Waals surface area contributed by atoms with Crippen molar-refractivity contribution in [3.05, 3.63) is 52.8 Å². The van der Waals surface area contributed by atoms with Crippen molar-refractivity contribution in [1.82, 2.24) is 8.87 Å². The number of aromatic nitrogens is 1. The summed E-state index contributed by atoms with van der Waals surface area (Å²) in [7, 11) is 0.562. The van der Waals surface area contributed by atoms with Gasteiger partial charge < -0.3 is 14.0 Å². The second kappa shape index (κ2) is 10.2. The number of carbonyl (C=O) groups excluding carboxylic acids is 2. The number of benzene rings is 1. The Kier molecular flexibility index (Phi) is 8.16. The van der Waals surface area contributed by atoms with E-state index in [2.05, 4.69) is 0 Å². The highest BCUT2D eigenvalue weighted by Gasteiger charge is 2.36. The minimum absolute atomic E-state index is 0.115. The molecule has 0 aliphatic heterocycles. The molecule has 1 aromatic heterocycles. The Hall–Kier alpha value is -2.49. The Morgan fingerprint density at radius 3 is 2.29 bits per heavy atom. The number of sulfonamides is 1. The van der Waals surface area contributed by atoms with Crippen LogP contribution >= 0.6 is 0 Å². The van der Waals surface area contributed by atoms with Crippen LogP contribution in [0.2, 0.25) is 0 Å². The van der Waals surface area contributed by atoms with Crippen LogP contribution in [-0.4, -0.2) is 62.5 Å². The lowest BCUT2D eigenvalue weighted by Crippen LogP contribution is -2.44. The Labute approximate surface area is 183 Å². The van der Waals surface area contributed by atoms with Crippen molar-refractivity contribution >= 4 is 21.8 Å². The summed E-state index contributed by atoms with van der Waals surface area (Å²) in [6.45, 7) is 5.43. The first-order valence-electron chi connectivity index (χ1n) is 9.93. The quantitative estimate of drug-likeness (QED) is 0.314. The van der Waals surface area contributed by atoms with Crippen molar-refractivity contribution < 1.29 is 27.5 Å². The molecule has 0 saturated carbocycles. The molecule has 0 aliphatic rings. The number of ether oxygens (including phenoxy) is 2. The van der Waals surface area contributed by atoms with Gasteiger partial charge in [0.05, 0.1) is 18.0 Å². The van der Waals surface area contributed by atoms with Crippen LogP contribution in [0.3, 0.4) is 0 Å². The van der Waals surface area contributed by atoms with Crippen molar-refractivity contribution in [2.24, 2.45) is 7.05 Å². The van der Waals surface area contributed by atoms with E-state index in [1.807, 2.05) is 0 Å². The van der Waals surface area contributed by atoms with Gasteiger partial charge in [-0.05, 0) is 44.9 Å². The fourth-order valence-corrected chi connectivity index (χ4v) is 5.33. The normalized spacial score (nSPS) is 12.7. The molecule has 0 unspecified atom stereocenters. The molecule has 2 rings (SSSR count). The van der Waals surface area contributed by atoms with Gasteiger partial charge in [0, 0.05) is 38.6 Å². The molecule has 0 aliphatic carbocycles. The molecule has 0 bridgehead atoms. The molecule has 1 atom stereocenters. The standard InChI is InChI=1S/C22H30N2O6S/c1-15-19(16(2)23(4)20(15)22(26)30-6)21(25)17(3)24(13-10-14-29-5)31(27,28)18-11-8-7-9-12-18/h7-9,11-12,17H,10,13-14H2,1-6H3/t17-/m0/s1. The summed E-state index contributed by atoms with van der Waals surface area (Å²) in [6, 6.07) is 7.04. The fraction of sp³-hybridized carbons (Fsp3) is 0.455. The third kappa shape index (κ3) is 4.89. The smallest absolute Gasteiger partial charge is 0.354 e. The van der Waals surface area contributed by atoms with Gasteiger partial charge in [0.1, 0.15) is 5.69 Å². The predicted molar refractivity (Wildman–Crippen MR) is 117 cm³/mol. The van der Waals surface area contributed by atoms with Crippen LogP contribution in [0.4, 0.5) is 0 Å². The number of methoxy groups -OCH3 is 2. The van der Waals surface area contributed by atoms with Gasteiger partial charge in [0.15, 0.2) is 5.78 Å². The Morgan fingerprint density at radius 2 is 1.74 bits per heavy atom. The highest BCUT2D eigenvalue weighted by atomic mass is 32.2. The Morgan fingerprint density at radius 1 is 1.13 bits per heavy atom. The molecule has 0 radical (unpaired) electrons. The lowest BCUT2D eigenvalue weighted by atomic mass is 10.0. The second-order valence-electron chi connectivity index (χ2n) is 7.30. The maximum absolute atomic E-state index is 13.5. The number of ketones is 1. The number of esters is 1. The molecule has 2 aromatic rings. The molecule has 0 saturated heterocycles. The average Bonchev–Trinajstić information content (AvgIpc) is 2.98. The Balaban J connectivity index is 2.52. The van der Waals surface area contributed by atoms with Crippen LogP contribution in [0.5, 0.6) is 0 Å². The monoisotopic (exact) mass is 450 g/mol. The lowest BCUT2D eigenvalue weighted by Gasteiger charge is -2.28. The summed E-state index contributed by atoms with van der Waals surface area (Å²) < 4.78 is 39.4. The van der Waals surface area contributed by atoms with Crippen LogP contribution in [0.25, 0.3) is 0 Å². The number of hydrogen-bond acceptors (Lipinski definition) is 6. The van der Waals surface area contributed by atoms with Crippen LogP contribution < -0.4 is 0 Å². The van der Waals surface area contributed by atoms with Crippen LogP contribution in [0.1, 0.15) is 45.4 Å². The second-order valence-corrected chi connectivity index (χ2v) is 9.19. The topological polar surface area (TPSA) is 94.9 Å². The van der Waals surface area contributed by atoms with Crippen molar-refractivity contribution in [2.75, 3.05) is 27.4 Å². The number of carbonyl (C=O) groups is 2. The van der Waals surface area contributed by atoms with E-state index < -0.39 is 22.0 Å². The Bertz CT molecular complexity index is 1040. The summed E-state index contributed by atoms with van der Waals surface area (Å²) >= 11 is 0. The maximum Gasteiger partial charge on any atom is 0.354 e. The summed E-state index contributed by atoms with van der Waals surface area (Å²) in [4.78, 5) is 25.8. The SMILES string of the molecule is COCCCN([C@@H](C)C(=O)c1c(C)c(C(=O)OC)n(C)c1C)S(=O)(=O)c1ccccc1. The van der Waals surface area contributed by atoms with Crippen LogP contribution in [0.15, 0.2) is 35.2 Å². The van der Waals surface area contributed by atoms with Gasteiger partial charge in [-0.1, -0.05) is 18.2 Å². The zero-order valence-corrected chi connectivity index (χ0v) is 19.7. The first-order valence-corrected chi connectivity index (χ1v) is 11.4. The van der Waals surface area contributed by atoms with Crippen molar-refractivity contribution in [3.63, 3.8) is 0 Å². The third-order valence-electron chi connectivity index (χ3n) is 5.44. The van der Waals surface area contributed by atoms with Crippen LogP contribution in [0, 0.1) is 13.8 Å². The molecule has 1 aromatic carbocycles. The molecule has 1 heterocycles. The van der Waals surface area contributed by atoms with E-state index in [0.29, 0.717) is 29.8 Å². The molecule has 31 heavy (non-hydrogen) atoms. The number of rotatable bonds is 10. The minimum atomic E-state index is -3.93. The van der Waals surface area contributed by atoms with Gasteiger partial charge in [-0.15, -0.1) is 0 Å². The van der Waals surface area contributed by atoms with Gasteiger partial charge >= 0.3 is 5.97 Å². The van der Waals surface area contributed by atoms with Crippen LogP contribution in [-0.2, 0) is 26.5 Å². The third-order valence-corrected chi connectivity index (χ3v) is 7.43. The number of nitrogens with zero attached hydrogens (tertiary/aromatic N) is 2. The van der Waals surface area contributed by atoms with E-state index in [0.717, 1.165) is 0 Å². The average molecular weight is 451 g/mol. The molecule has 0 amide bonds. The van der Waals surface area contributed by atoms with Crippen molar-refractivity contribution in [1.29, 1.82) is 0 Å². The first-order chi connectivity index (χ1) is 14.6. The highest BCUT2D eigenvalue weighted by molar-refractivity contribution is 7.89. The van der Waals surface area contributed by atoms with Gasteiger partial charge in [0.25, 0.3) is 0 Å². The molecular weight excluding hydrogens is 420 g/mol. The molecular formula is C22H30N2O6S. The zero-order valence-electron chi connectivity index (χ0n) is 18.8. The van der Waals surface area contributed by atoms with E-state index in [1.54, 1.807) is 50.6 Å². The largest absolute Gasteiger partial charge is 0.464 e. The van der Waals surface area contributed by atoms with Gasteiger partial charge in [0.2, 0.25) is 10.0 Å². The highest BCUT2D eigenvalue weighted by Crippen LogP contribution is 2.27. The predicted octanol–water partition coefficient (Wildman–Crippen LogP) is 2.73. The lowest BCUT2D eigenvalue weighted by molar-refractivity contribution is 0.0588. The van der Waals surface area contributed by atoms with Gasteiger partial charge in [-0.3, -0.25) is 4.79 Å². The van der Waals surface area contributed by atoms with E-state index in [-0.39, 0.29) is 22.9 Å².